The first-order valence-corrected chi connectivity index (χ1v) is 4.18. The van der Waals surface area contributed by atoms with Gasteiger partial charge in [0.15, 0.2) is 0 Å². The Hall–Kier alpha value is -1.12. The summed E-state index contributed by atoms with van der Waals surface area (Å²) in [7, 11) is 0. The molecule has 0 aromatic carbocycles. The molecule has 2 rings (SSSR count). The number of nitrogens with one attached hydrogen (secondary N) is 1. The highest BCUT2D eigenvalue weighted by Gasteiger charge is 2.15. The largest absolute Gasteiger partial charge is 0.326 e. The number of aromatic nitrogens is 1. The van der Waals surface area contributed by atoms with Gasteiger partial charge in [0.25, 0.3) is 5.56 Å². The van der Waals surface area contributed by atoms with Crippen molar-refractivity contribution in [2.75, 3.05) is 0 Å². The lowest BCUT2D eigenvalue weighted by molar-refractivity contribution is 0.568. The van der Waals surface area contributed by atoms with Crippen LogP contribution in [0, 0.1) is 5.82 Å². The number of pyridine rings is 1. The molecule has 0 bridgehead atoms. The highest BCUT2D eigenvalue weighted by atomic mass is 19.1. The lowest BCUT2D eigenvalue weighted by Crippen LogP contribution is -2.19. The predicted molar refractivity (Wildman–Crippen MR) is 43.7 cm³/mol. The predicted octanol–water partition coefficient (Wildman–Crippen LogP) is 1.39. The number of halogens is 1. The summed E-state index contributed by atoms with van der Waals surface area (Å²) in [5.41, 5.74) is 1.16. The topological polar surface area (TPSA) is 32.9 Å². The number of hydrogen-bond donors (Lipinski definition) is 1. The van der Waals surface area contributed by atoms with Crippen LogP contribution in [0.3, 0.4) is 0 Å². The molecule has 1 N–H and O–H groups in total. The average molecular weight is 167 g/mol. The molecule has 0 radical (unpaired) electrons. The number of aromatic amines is 1. The van der Waals surface area contributed by atoms with Gasteiger partial charge in [-0.25, -0.2) is 4.39 Å². The zero-order chi connectivity index (χ0) is 8.55. The van der Waals surface area contributed by atoms with Crippen LogP contribution in [0.4, 0.5) is 4.39 Å². The first-order chi connectivity index (χ1) is 5.79. The molecule has 1 aromatic heterocycles. The molecule has 1 aromatic rings. The van der Waals surface area contributed by atoms with Crippen molar-refractivity contribution in [2.45, 2.75) is 25.7 Å². The normalized spacial score (nSPS) is 15.8. The van der Waals surface area contributed by atoms with Gasteiger partial charge in [0.05, 0.1) is 0 Å². The molecule has 0 fully saturated rings. The van der Waals surface area contributed by atoms with E-state index in [1.54, 1.807) is 0 Å². The van der Waals surface area contributed by atoms with Crippen molar-refractivity contribution < 1.29 is 4.39 Å². The second-order valence-electron chi connectivity index (χ2n) is 3.13. The Balaban J connectivity index is 2.64. The molecule has 2 nitrogen and oxygen atoms in total. The van der Waals surface area contributed by atoms with Gasteiger partial charge in [-0.1, -0.05) is 0 Å². The summed E-state index contributed by atoms with van der Waals surface area (Å²) < 4.78 is 13.1. The van der Waals surface area contributed by atoms with Crippen LogP contribution < -0.4 is 5.56 Å². The van der Waals surface area contributed by atoms with Crippen molar-refractivity contribution in [3.05, 3.63) is 33.5 Å². The summed E-state index contributed by atoms with van der Waals surface area (Å²) >= 11 is 0. The van der Waals surface area contributed by atoms with Crippen molar-refractivity contribution in [1.82, 2.24) is 4.98 Å². The Morgan fingerprint density at radius 1 is 1.25 bits per heavy atom. The molecule has 0 spiro atoms. The molecule has 0 aliphatic heterocycles. The van der Waals surface area contributed by atoms with Crippen LogP contribution in [0.1, 0.15) is 24.0 Å². The maximum absolute atomic E-state index is 13.1. The standard InChI is InChI=1S/C9H10FNO/c10-8-5-11-9(12)7-4-2-1-3-6(7)8/h5H,1-4H2,(H,11,12). The van der Waals surface area contributed by atoms with Crippen LogP contribution in [0.25, 0.3) is 0 Å². The molecule has 0 atom stereocenters. The van der Waals surface area contributed by atoms with E-state index in [1.807, 2.05) is 0 Å². The maximum Gasteiger partial charge on any atom is 0.251 e. The molecule has 3 heteroatoms. The summed E-state index contributed by atoms with van der Waals surface area (Å²) in [6.45, 7) is 0. The molecule has 12 heavy (non-hydrogen) atoms. The van der Waals surface area contributed by atoms with Gasteiger partial charge >= 0.3 is 0 Å². The Morgan fingerprint density at radius 3 is 2.58 bits per heavy atom. The summed E-state index contributed by atoms with van der Waals surface area (Å²) in [6, 6.07) is 0. The van der Waals surface area contributed by atoms with E-state index in [1.165, 1.54) is 0 Å². The molecular weight excluding hydrogens is 157 g/mol. The van der Waals surface area contributed by atoms with Crippen molar-refractivity contribution in [3.8, 4) is 0 Å². The molecular formula is C9H10FNO. The number of fused-ring (bicyclic) bond motifs is 1. The lowest BCUT2D eigenvalue weighted by atomic mass is 9.93. The lowest BCUT2D eigenvalue weighted by Gasteiger charge is -2.14. The first kappa shape index (κ1) is 7.53. The van der Waals surface area contributed by atoms with Gasteiger partial charge in [-0.2, -0.15) is 0 Å². The second-order valence-corrected chi connectivity index (χ2v) is 3.13. The van der Waals surface area contributed by atoms with Gasteiger partial charge < -0.3 is 4.98 Å². The van der Waals surface area contributed by atoms with Crippen LogP contribution in [0.5, 0.6) is 0 Å². The average Bonchev–Trinajstić information content (AvgIpc) is 2.12. The van der Waals surface area contributed by atoms with Gasteiger partial charge in [-0.15, -0.1) is 0 Å². The molecule has 1 heterocycles. The summed E-state index contributed by atoms with van der Waals surface area (Å²) in [6.07, 6.45) is 4.59. The monoisotopic (exact) mass is 167 g/mol. The molecule has 1 aliphatic rings. The summed E-state index contributed by atoms with van der Waals surface area (Å²) in [5, 5.41) is 0. The zero-order valence-electron chi connectivity index (χ0n) is 6.69. The van der Waals surface area contributed by atoms with E-state index in [4.69, 9.17) is 0 Å². The van der Waals surface area contributed by atoms with E-state index in [9.17, 15) is 9.18 Å². The molecule has 64 valence electrons. The van der Waals surface area contributed by atoms with E-state index in [-0.39, 0.29) is 11.4 Å². The van der Waals surface area contributed by atoms with Gasteiger partial charge in [0.2, 0.25) is 0 Å². The quantitative estimate of drug-likeness (QED) is 0.622. The second kappa shape index (κ2) is 2.73. The Labute approximate surface area is 69.4 Å². The molecule has 0 unspecified atom stereocenters. The third-order valence-electron chi connectivity index (χ3n) is 2.36. The summed E-state index contributed by atoms with van der Waals surface area (Å²) in [5.74, 6) is -0.260. The minimum atomic E-state index is -0.260. The first-order valence-electron chi connectivity index (χ1n) is 4.18. The summed E-state index contributed by atoms with van der Waals surface area (Å²) in [4.78, 5) is 13.6. The van der Waals surface area contributed by atoms with E-state index in [0.717, 1.165) is 25.5 Å². The number of H-pyrrole nitrogens is 1. The molecule has 0 amide bonds. The Bertz CT molecular complexity index is 356. The SMILES string of the molecule is O=c1[nH]cc(F)c2c1CCCC2. The van der Waals surface area contributed by atoms with Crippen molar-refractivity contribution in [2.24, 2.45) is 0 Å². The minimum Gasteiger partial charge on any atom is -0.326 e. The van der Waals surface area contributed by atoms with Gasteiger partial charge in [-0.05, 0) is 31.2 Å². The zero-order valence-corrected chi connectivity index (χ0v) is 6.69. The van der Waals surface area contributed by atoms with Gasteiger partial charge in [-0.3, -0.25) is 4.79 Å². The van der Waals surface area contributed by atoms with E-state index >= 15 is 0 Å². The highest BCUT2D eigenvalue weighted by Crippen LogP contribution is 2.19. The van der Waals surface area contributed by atoms with Crippen molar-refractivity contribution in [1.29, 1.82) is 0 Å². The van der Waals surface area contributed by atoms with Crippen LogP contribution in [-0.2, 0) is 12.8 Å². The van der Waals surface area contributed by atoms with Crippen LogP contribution in [0.2, 0.25) is 0 Å². The molecule has 0 saturated heterocycles. The van der Waals surface area contributed by atoms with Gasteiger partial charge in [0.1, 0.15) is 5.82 Å². The van der Waals surface area contributed by atoms with Crippen molar-refractivity contribution in [3.63, 3.8) is 0 Å². The van der Waals surface area contributed by atoms with Crippen LogP contribution in [0.15, 0.2) is 11.0 Å². The van der Waals surface area contributed by atoms with Crippen molar-refractivity contribution >= 4 is 0 Å². The highest BCUT2D eigenvalue weighted by molar-refractivity contribution is 5.27. The maximum atomic E-state index is 13.1. The smallest absolute Gasteiger partial charge is 0.251 e. The third-order valence-corrected chi connectivity index (χ3v) is 2.36. The van der Waals surface area contributed by atoms with E-state index < -0.39 is 0 Å². The Kier molecular flexibility index (Phi) is 1.71. The fraction of sp³-hybridized carbons (Fsp3) is 0.444. The number of hydrogen-bond acceptors (Lipinski definition) is 1. The van der Waals surface area contributed by atoms with Gasteiger partial charge in [0, 0.05) is 11.8 Å². The third kappa shape index (κ3) is 1.05. The van der Waals surface area contributed by atoms with Crippen LogP contribution in [-0.4, -0.2) is 4.98 Å². The fourth-order valence-electron chi connectivity index (χ4n) is 1.72. The Morgan fingerprint density at radius 2 is 1.92 bits per heavy atom. The molecule has 0 saturated carbocycles. The van der Waals surface area contributed by atoms with E-state index in [0.29, 0.717) is 17.5 Å². The minimum absolute atomic E-state index is 0.119. The number of rotatable bonds is 0. The fourth-order valence-corrected chi connectivity index (χ4v) is 1.72. The van der Waals surface area contributed by atoms with E-state index in [2.05, 4.69) is 4.98 Å². The molecule has 1 aliphatic carbocycles. The van der Waals surface area contributed by atoms with Crippen LogP contribution >= 0.6 is 0 Å².